The van der Waals surface area contributed by atoms with Crippen molar-refractivity contribution in [3.8, 4) is 0 Å². The van der Waals surface area contributed by atoms with E-state index < -0.39 is 0 Å². The molecule has 0 saturated carbocycles. The number of hydrogen-bond donors (Lipinski definition) is 2. The number of hydrogen-bond acceptors (Lipinski definition) is 4. The molecule has 1 fully saturated rings. The summed E-state index contributed by atoms with van der Waals surface area (Å²) >= 11 is 0. The summed E-state index contributed by atoms with van der Waals surface area (Å²) in [5, 5.41) is 2.98. The van der Waals surface area contributed by atoms with Crippen LogP contribution in [0.15, 0.2) is 24.3 Å². The van der Waals surface area contributed by atoms with E-state index in [9.17, 15) is 4.79 Å². The fraction of sp³-hybridized carbons (Fsp3) is 0.562. The standard InChI is InChI=1S/C16H25N3O2/c1-19(2)11-13-6-4-3-5-12(13)10-18-16(20)15-8-7-14(9-17)21-15/h3-6,14-15H,7-11,17H2,1-2H3,(H,18,20)/t14-,15+/m1/s1. The number of nitrogens with two attached hydrogens (primary N) is 1. The third-order valence-corrected chi connectivity index (χ3v) is 3.72. The topological polar surface area (TPSA) is 67.6 Å². The van der Waals surface area contributed by atoms with Gasteiger partial charge < -0.3 is 20.7 Å². The van der Waals surface area contributed by atoms with Gasteiger partial charge in [0.25, 0.3) is 0 Å². The van der Waals surface area contributed by atoms with Gasteiger partial charge in [-0.1, -0.05) is 24.3 Å². The van der Waals surface area contributed by atoms with Crippen molar-refractivity contribution < 1.29 is 9.53 Å². The largest absolute Gasteiger partial charge is 0.364 e. The molecule has 1 aromatic carbocycles. The number of carbonyl (C=O) groups is 1. The van der Waals surface area contributed by atoms with Gasteiger partial charge in [-0.15, -0.1) is 0 Å². The maximum Gasteiger partial charge on any atom is 0.249 e. The van der Waals surface area contributed by atoms with Crippen LogP contribution >= 0.6 is 0 Å². The van der Waals surface area contributed by atoms with E-state index >= 15 is 0 Å². The van der Waals surface area contributed by atoms with Crippen LogP contribution in [0, 0.1) is 0 Å². The quantitative estimate of drug-likeness (QED) is 0.816. The molecular formula is C16H25N3O2. The van der Waals surface area contributed by atoms with E-state index in [4.69, 9.17) is 10.5 Å². The summed E-state index contributed by atoms with van der Waals surface area (Å²) in [6.07, 6.45) is 1.31. The SMILES string of the molecule is CN(C)Cc1ccccc1CNC(=O)[C@@H]1CC[C@H](CN)O1. The highest BCUT2D eigenvalue weighted by Gasteiger charge is 2.29. The van der Waals surface area contributed by atoms with Gasteiger partial charge in [0.05, 0.1) is 6.10 Å². The first kappa shape index (κ1) is 15.9. The van der Waals surface area contributed by atoms with Gasteiger partial charge in [0, 0.05) is 19.6 Å². The highest BCUT2D eigenvalue weighted by atomic mass is 16.5. The summed E-state index contributed by atoms with van der Waals surface area (Å²) < 4.78 is 5.61. The number of carbonyl (C=O) groups excluding carboxylic acids is 1. The summed E-state index contributed by atoms with van der Waals surface area (Å²) in [4.78, 5) is 14.2. The van der Waals surface area contributed by atoms with Crippen molar-refractivity contribution in [2.45, 2.75) is 38.1 Å². The molecule has 1 aliphatic rings. The third kappa shape index (κ3) is 4.52. The second kappa shape index (κ2) is 7.54. The fourth-order valence-electron chi connectivity index (χ4n) is 2.59. The van der Waals surface area contributed by atoms with Gasteiger partial charge in [0.2, 0.25) is 5.91 Å². The summed E-state index contributed by atoms with van der Waals surface area (Å²) in [5.74, 6) is -0.0365. The Morgan fingerprint density at radius 1 is 1.33 bits per heavy atom. The number of benzene rings is 1. The molecule has 0 bridgehead atoms. The number of nitrogens with zero attached hydrogens (tertiary/aromatic N) is 1. The molecule has 1 amide bonds. The van der Waals surface area contributed by atoms with Crippen LogP contribution in [0.5, 0.6) is 0 Å². The summed E-state index contributed by atoms with van der Waals surface area (Å²) in [7, 11) is 4.07. The van der Waals surface area contributed by atoms with Gasteiger partial charge in [-0.3, -0.25) is 4.79 Å². The number of amides is 1. The molecule has 1 aromatic rings. The van der Waals surface area contributed by atoms with E-state index in [2.05, 4.69) is 22.3 Å². The molecular weight excluding hydrogens is 266 g/mol. The van der Waals surface area contributed by atoms with Crippen LogP contribution in [0.2, 0.25) is 0 Å². The molecule has 5 heteroatoms. The van der Waals surface area contributed by atoms with Crippen molar-refractivity contribution in [1.82, 2.24) is 10.2 Å². The number of nitrogens with one attached hydrogen (secondary N) is 1. The zero-order valence-corrected chi connectivity index (χ0v) is 12.8. The fourth-order valence-corrected chi connectivity index (χ4v) is 2.59. The van der Waals surface area contributed by atoms with Crippen molar-refractivity contribution in [2.24, 2.45) is 5.73 Å². The average molecular weight is 291 g/mol. The monoisotopic (exact) mass is 291 g/mol. The summed E-state index contributed by atoms with van der Waals surface area (Å²) in [5.41, 5.74) is 7.94. The van der Waals surface area contributed by atoms with E-state index in [1.165, 1.54) is 5.56 Å². The molecule has 21 heavy (non-hydrogen) atoms. The minimum atomic E-state index is -0.348. The average Bonchev–Trinajstić information content (AvgIpc) is 2.94. The van der Waals surface area contributed by atoms with Gasteiger partial charge in [0.15, 0.2) is 0 Å². The van der Waals surface area contributed by atoms with E-state index in [0.29, 0.717) is 13.1 Å². The van der Waals surface area contributed by atoms with Crippen molar-refractivity contribution in [3.63, 3.8) is 0 Å². The Balaban J connectivity index is 1.89. The van der Waals surface area contributed by atoms with Crippen LogP contribution in [0.25, 0.3) is 0 Å². The highest BCUT2D eigenvalue weighted by molar-refractivity contribution is 5.81. The number of ether oxygens (including phenoxy) is 1. The minimum Gasteiger partial charge on any atom is -0.364 e. The number of rotatable bonds is 6. The van der Waals surface area contributed by atoms with Gasteiger partial charge in [-0.25, -0.2) is 0 Å². The van der Waals surface area contributed by atoms with Crippen LogP contribution in [-0.4, -0.2) is 43.7 Å². The molecule has 1 heterocycles. The van der Waals surface area contributed by atoms with Crippen LogP contribution in [0.4, 0.5) is 0 Å². The lowest BCUT2D eigenvalue weighted by Gasteiger charge is -2.16. The third-order valence-electron chi connectivity index (χ3n) is 3.72. The normalized spacial score (nSPS) is 21.7. The maximum absolute atomic E-state index is 12.1. The van der Waals surface area contributed by atoms with Gasteiger partial charge >= 0.3 is 0 Å². The molecule has 2 rings (SSSR count). The predicted octanol–water partition coefficient (Wildman–Crippen LogP) is 0.871. The molecule has 0 radical (unpaired) electrons. The lowest BCUT2D eigenvalue weighted by molar-refractivity contribution is -0.132. The van der Waals surface area contributed by atoms with Crippen LogP contribution in [0.1, 0.15) is 24.0 Å². The molecule has 3 N–H and O–H groups in total. The lowest BCUT2D eigenvalue weighted by atomic mass is 10.1. The first-order valence-corrected chi connectivity index (χ1v) is 7.45. The van der Waals surface area contributed by atoms with Gasteiger partial charge in [-0.05, 0) is 38.1 Å². The molecule has 2 atom stereocenters. The molecule has 0 aromatic heterocycles. The second-order valence-electron chi connectivity index (χ2n) is 5.78. The molecule has 0 spiro atoms. The molecule has 1 aliphatic heterocycles. The van der Waals surface area contributed by atoms with Gasteiger partial charge in [0.1, 0.15) is 6.10 Å². The van der Waals surface area contributed by atoms with Crippen molar-refractivity contribution in [3.05, 3.63) is 35.4 Å². The molecule has 1 saturated heterocycles. The molecule has 0 unspecified atom stereocenters. The Labute approximate surface area is 126 Å². The molecule has 116 valence electrons. The Hall–Kier alpha value is -1.43. The maximum atomic E-state index is 12.1. The molecule has 5 nitrogen and oxygen atoms in total. The van der Waals surface area contributed by atoms with E-state index in [0.717, 1.165) is 24.9 Å². The summed E-state index contributed by atoms with van der Waals surface area (Å²) in [6.45, 7) is 1.88. The van der Waals surface area contributed by atoms with Crippen molar-refractivity contribution in [2.75, 3.05) is 20.6 Å². The zero-order chi connectivity index (χ0) is 15.2. The van der Waals surface area contributed by atoms with Crippen LogP contribution in [0.3, 0.4) is 0 Å². The highest BCUT2D eigenvalue weighted by Crippen LogP contribution is 2.19. The van der Waals surface area contributed by atoms with Crippen LogP contribution in [-0.2, 0) is 22.6 Å². The Morgan fingerprint density at radius 2 is 2.05 bits per heavy atom. The van der Waals surface area contributed by atoms with E-state index in [-0.39, 0.29) is 18.1 Å². The van der Waals surface area contributed by atoms with Crippen molar-refractivity contribution >= 4 is 5.91 Å². The summed E-state index contributed by atoms with van der Waals surface area (Å²) in [6, 6.07) is 8.17. The second-order valence-corrected chi connectivity index (χ2v) is 5.78. The minimum absolute atomic E-state index is 0.0294. The van der Waals surface area contributed by atoms with E-state index in [1.54, 1.807) is 0 Å². The van der Waals surface area contributed by atoms with Gasteiger partial charge in [-0.2, -0.15) is 0 Å². The Bertz CT molecular complexity index is 476. The smallest absolute Gasteiger partial charge is 0.249 e. The van der Waals surface area contributed by atoms with Crippen molar-refractivity contribution in [1.29, 1.82) is 0 Å². The molecule has 0 aliphatic carbocycles. The lowest BCUT2D eigenvalue weighted by Crippen LogP contribution is -2.35. The Kier molecular flexibility index (Phi) is 5.73. The van der Waals surface area contributed by atoms with E-state index in [1.807, 2.05) is 26.2 Å². The first-order valence-electron chi connectivity index (χ1n) is 7.45. The first-order chi connectivity index (χ1) is 10.1. The Morgan fingerprint density at radius 3 is 2.67 bits per heavy atom. The predicted molar refractivity (Wildman–Crippen MR) is 82.6 cm³/mol. The zero-order valence-electron chi connectivity index (χ0n) is 12.8. The van der Waals surface area contributed by atoms with Crippen LogP contribution < -0.4 is 11.1 Å².